The maximum Gasteiger partial charge on any atom is 0.419 e. The zero-order chi connectivity index (χ0) is 19.8. The van der Waals surface area contributed by atoms with Gasteiger partial charge in [-0.25, -0.2) is 18.0 Å². The molecule has 0 aliphatic carbocycles. The number of nitrogens with one attached hydrogen (secondary N) is 1. The summed E-state index contributed by atoms with van der Waals surface area (Å²) in [5, 5.41) is 0. The fourth-order valence-corrected chi connectivity index (χ4v) is 4.17. The number of nitrogens with zero attached hydrogens (tertiary/aromatic N) is 1. The number of methoxy groups -OCH3 is 1. The molecule has 0 radical (unpaired) electrons. The minimum absolute atomic E-state index is 0.0494. The highest BCUT2D eigenvalue weighted by Crippen LogP contribution is 2.26. The molecule has 0 atom stereocenters. The smallest absolute Gasteiger partial charge is 0.419 e. The zero-order valence-corrected chi connectivity index (χ0v) is 15.8. The maximum absolute atomic E-state index is 12.9. The van der Waals surface area contributed by atoms with Crippen molar-refractivity contribution >= 4 is 32.8 Å². The van der Waals surface area contributed by atoms with Crippen molar-refractivity contribution in [3.8, 4) is 0 Å². The largest absolute Gasteiger partial charge is 0.465 e. The molecule has 0 bridgehead atoms. The van der Waals surface area contributed by atoms with Crippen molar-refractivity contribution < 1.29 is 22.4 Å². The molecule has 0 spiro atoms. The molecule has 1 aromatic heterocycles. The topological polar surface area (TPSA) is 108 Å². The lowest BCUT2D eigenvalue weighted by Gasteiger charge is -2.13. The van der Waals surface area contributed by atoms with Crippen LogP contribution >= 0.6 is 0 Å². The summed E-state index contributed by atoms with van der Waals surface area (Å²) in [5.41, 5.74) is 1.32. The van der Waals surface area contributed by atoms with Gasteiger partial charge in [-0.05, 0) is 37.6 Å². The van der Waals surface area contributed by atoms with E-state index in [2.05, 4.69) is 9.46 Å². The number of aromatic nitrogens is 1. The van der Waals surface area contributed by atoms with Gasteiger partial charge in [0.1, 0.15) is 0 Å². The van der Waals surface area contributed by atoms with E-state index in [1.54, 1.807) is 32.0 Å². The summed E-state index contributed by atoms with van der Waals surface area (Å²) >= 11 is 0. The van der Waals surface area contributed by atoms with Crippen LogP contribution in [-0.4, -0.2) is 26.1 Å². The predicted molar refractivity (Wildman–Crippen MR) is 99.5 cm³/mol. The second-order valence-corrected chi connectivity index (χ2v) is 7.49. The fraction of sp³-hybridized carbons (Fsp3) is 0.222. The van der Waals surface area contributed by atoms with E-state index in [-0.39, 0.29) is 21.7 Å². The number of carbonyl (C=O) groups excluding carboxylic acids is 1. The van der Waals surface area contributed by atoms with Gasteiger partial charge in [0.05, 0.1) is 28.8 Å². The highest BCUT2D eigenvalue weighted by molar-refractivity contribution is 7.92. The van der Waals surface area contributed by atoms with E-state index in [0.717, 1.165) is 0 Å². The van der Waals surface area contributed by atoms with Crippen LogP contribution in [0, 0.1) is 6.92 Å². The molecular formula is C18H18N2O6S. The first-order valence-electron chi connectivity index (χ1n) is 8.12. The number of para-hydroxylation sites is 1. The fourth-order valence-electron chi connectivity index (χ4n) is 2.84. The van der Waals surface area contributed by atoms with Crippen molar-refractivity contribution in [2.45, 2.75) is 25.3 Å². The third kappa shape index (κ3) is 3.33. The highest BCUT2D eigenvalue weighted by Gasteiger charge is 2.23. The van der Waals surface area contributed by atoms with E-state index in [9.17, 15) is 18.0 Å². The Balaban J connectivity index is 2.10. The van der Waals surface area contributed by atoms with Gasteiger partial charge in [-0.3, -0.25) is 9.29 Å². The van der Waals surface area contributed by atoms with E-state index in [1.807, 2.05) is 0 Å². The van der Waals surface area contributed by atoms with Crippen molar-refractivity contribution in [3.63, 3.8) is 0 Å². The van der Waals surface area contributed by atoms with Crippen LogP contribution in [0.5, 0.6) is 0 Å². The molecule has 9 heteroatoms. The molecular weight excluding hydrogens is 372 g/mol. The minimum atomic E-state index is -4.04. The summed E-state index contributed by atoms with van der Waals surface area (Å²) in [6, 6.07) is 9.02. The molecule has 8 nitrogen and oxygen atoms in total. The molecule has 3 aromatic rings. The number of oxazole rings is 1. The number of carbonyl (C=O) groups is 1. The van der Waals surface area contributed by atoms with Crippen LogP contribution in [0.1, 0.15) is 22.8 Å². The van der Waals surface area contributed by atoms with Crippen molar-refractivity contribution in [1.29, 1.82) is 0 Å². The molecule has 0 saturated carbocycles. The standard InChI is InChI=1S/C18H18N2O6S/c1-4-20-14-9-11(2)16(10-15(14)26-18(20)22)27(23,24)19-13-8-6-5-7-12(13)17(21)25-3/h5-10,19H,4H2,1-3H3. The van der Waals surface area contributed by atoms with E-state index < -0.39 is 21.7 Å². The van der Waals surface area contributed by atoms with Crippen LogP contribution in [0.3, 0.4) is 0 Å². The van der Waals surface area contributed by atoms with E-state index >= 15 is 0 Å². The van der Waals surface area contributed by atoms with Gasteiger partial charge in [-0.15, -0.1) is 0 Å². The zero-order valence-electron chi connectivity index (χ0n) is 15.0. The summed E-state index contributed by atoms with van der Waals surface area (Å²) in [4.78, 5) is 23.7. The molecule has 0 saturated heterocycles. The van der Waals surface area contributed by atoms with Crippen molar-refractivity contribution in [1.82, 2.24) is 4.57 Å². The summed E-state index contributed by atoms with van der Waals surface area (Å²) in [5.74, 6) is -1.21. The summed E-state index contributed by atoms with van der Waals surface area (Å²) in [7, 11) is -2.82. The molecule has 3 rings (SSSR count). The Hall–Kier alpha value is -3.07. The van der Waals surface area contributed by atoms with Gasteiger partial charge in [0.25, 0.3) is 10.0 Å². The number of anilines is 1. The van der Waals surface area contributed by atoms with E-state index in [0.29, 0.717) is 17.6 Å². The minimum Gasteiger partial charge on any atom is -0.465 e. The second kappa shape index (κ2) is 6.92. The SMILES string of the molecule is CCn1c(=O)oc2cc(S(=O)(=O)Nc3ccccc3C(=O)OC)c(C)cc21. The number of rotatable bonds is 5. The number of esters is 1. The number of hydrogen-bond donors (Lipinski definition) is 1. The molecule has 27 heavy (non-hydrogen) atoms. The van der Waals surface area contributed by atoms with Gasteiger partial charge < -0.3 is 9.15 Å². The monoisotopic (exact) mass is 390 g/mol. The Kier molecular flexibility index (Phi) is 4.79. The third-order valence-electron chi connectivity index (χ3n) is 4.15. The maximum atomic E-state index is 12.9. The van der Waals surface area contributed by atoms with Crippen LogP contribution < -0.4 is 10.5 Å². The summed E-state index contributed by atoms with van der Waals surface area (Å²) < 4.78 is 39.5. The third-order valence-corrected chi connectivity index (χ3v) is 5.65. The molecule has 0 aliphatic heterocycles. The molecule has 1 N–H and O–H groups in total. The van der Waals surface area contributed by atoms with Crippen molar-refractivity contribution in [2.75, 3.05) is 11.8 Å². The van der Waals surface area contributed by atoms with Gasteiger partial charge in [0.15, 0.2) is 5.58 Å². The highest BCUT2D eigenvalue weighted by atomic mass is 32.2. The van der Waals surface area contributed by atoms with E-state index in [4.69, 9.17) is 4.42 Å². The normalized spacial score (nSPS) is 11.5. The average Bonchev–Trinajstić information content (AvgIpc) is 2.94. The number of benzene rings is 2. The lowest BCUT2D eigenvalue weighted by atomic mass is 10.2. The second-order valence-electron chi connectivity index (χ2n) is 5.84. The molecule has 2 aromatic carbocycles. The van der Waals surface area contributed by atoms with Gasteiger partial charge in [0.2, 0.25) is 0 Å². The number of hydrogen-bond acceptors (Lipinski definition) is 6. The first-order valence-corrected chi connectivity index (χ1v) is 9.61. The van der Waals surface area contributed by atoms with Gasteiger partial charge >= 0.3 is 11.7 Å². The number of sulfonamides is 1. The number of ether oxygens (including phenoxy) is 1. The first-order chi connectivity index (χ1) is 12.8. The van der Waals surface area contributed by atoms with Crippen molar-refractivity contribution in [2.24, 2.45) is 0 Å². The lowest BCUT2D eigenvalue weighted by molar-refractivity contribution is 0.0602. The van der Waals surface area contributed by atoms with Gasteiger partial charge in [-0.2, -0.15) is 0 Å². The lowest BCUT2D eigenvalue weighted by Crippen LogP contribution is -2.17. The Morgan fingerprint density at radius 1 is 1.26 bits per heavy atom. The summed E-state index contributed by atoms with van der Waals surface area (Å²) in [6.07, 6.45) is 0. The molecule has 0 fully saturated rings. The van der Waals surface area contributed by atoms with Crippen LogP contribution in [0.4, 0.5) is 5.69 Å². The van der Waals surface area contributed by atoms with Crippen molar-refractivity contribution in [3.05, 3.63) is 58.1 Å². The van der Waals surface area contributed by atoms with Gasteiger partial charge in [0, 0.05) is 12.6 Å². The van der Waals surface area contributed by atoms with Gasteiger partial charge in [-0.1, -0.05) is 12.1 Å². The summed E-state index contributed by atoms with van der Waals surface area (Å²) in [6.45, 7) is 3.82. The Labute approximate surface area is 155 Å². The molecule has 0 aliphatic rings. The molecule has 0 unspecified atom stereocenters. The molecule has 0 amide bonds. The average molecular weight is 390 g/mol. The van der Waals surface area contributed by atoms with Crippen LogP contribution in [-0.2, 0) is 21.3 Å². The molecule has 1 heterocycles. The quantitative estimate of drug-likeness (QED) is 0.671. The Morgan fingerprint density at radius 2 is 1.96 bits per heavy atom. The number of fused-ring (bicyclic) bond motifs is 1. The van der Waals surface area contributed by atoms with Crippen LogP contribution in [0.15, 0.2) is 50.5 Å². The Bertz CT molecular complexity index is 1190. The van der Waals surface area contributed by atoms with Crippen LogP contribution in [0.25, 0.3) is 11.1 Å². The van der Waals surface area contributed by atoms with Crippen LogP contribution in [0.2, 0.25) is 0 Å². The predicted octanol–water partition coefficient (Wildman–Crippen LogP) is 2.51. The number of aryl methyl sites for hydroxylation is 2. The van der Waals surface area contributed by atoms with E-state index in [1.165, 1.54) is 29.9 Å². The Morgan fingerprint density at radius 3 is 2.63 bits per heavy atom. The molecule has 142 valence electrons. The first kappa shape index (κ1) is 18.7.